The van der Waals surface area contributed by atoms with Gasteiger partial charge in [0.1, 0.15) is 0 Å². The Bertz CT molecular complexity index is 120. The molecule has 0 aromatic heterocycles. The van der Waals surface area contributed by atoms with Crippen molar-refractivity contribution in [2.24, 2.45) is 0 Å². The van der Waals surface area contributed by atoms with Gasteiger partial charge < -0.3 is 0 Å². The van der Waals surface area contributed by atoms with Gasteiger partial charge in [0.15, 0.2) is 0 Å². The molecule has 0 N–H and O–H groups in total. The molecule has 0 atom stereocenters. The molecular formula is C9H23ClN2S. The summed E-state index contributed by atoms with van der Waals surface area (Å²) in [5.41, 5.74) is 0. The predicted molar refractivity (Wildman–Crippen MR) is 65.2 cm³/mol. The topological polar surface area (TPSA) is 6.48 Å². The summed E-state index contributed by atoms with van der Waals surface area (Å²) >= 11 is 0. The van der Waals surface area contributed by atoms with Crippen LogP contribution in [0.1, 0.15) is 27.7 Å². The minimum Gasteiger partial charge on any atom is -0.245 e. The summed E-state index contributed by atoms with van der Waals surface area (Å²) < 4.78 is 4.70. The highest BCUT2D eigenvalue weighted by molar-refractivity contribution is 8.47. The van der Waals surface area contributed by atoms with E-state index in [-0.39, 0.29) is 0 Å². The fraction of sp³-hybridized carbons (Fsp3) is 1.00. The summed E-state index contributed by atoms with van der Waals surface area (Å²) in [6, 6.07) is 0. The van der Waals surface area contributed by atoms with Crippen LogP contribution in [-0.2, 0) is 0 Å². The summed E-state index contributed by atoms with van der Waals surface area (Å²) in [5.74, 6) is 0. The zero-order chi connectivity index (χ0) is 10.5. The Hall–Kier alpha value is 0.560. The molecule has 0 unspecified atom stereocenters. The largest absolute Gasteiger partial charge is 0.245 e. The van der Waals surface area contributed by atoms with Gasteiger partial charge in [-0.3, -0.25) is 0 Å². The molecular weight excluding hydrogens is 204 g/mol. The Labute approximate surface area is 89.3 Å². The average Bonchev–Trinajstić information content (AvgIpc) is 2.07. The zero-order valence-corrected chi connectivity index (χ0v) is 11.1. The van der Waals surface area contributed by atoms with Crippen molar-refractivity contribution >= 4 is 20.3 Å². The lowest BCUT2D eigenvalue weighted by atomic mass is 10.7. The van der Waals surface area contributed by atoms with Gasteiger partial charge in [-0.25, -0.2) is 8.61 Å². The fourth-order valence-corrected chi connectivity index (χ4v) is 4.94. The van der Waals surface area contributed by atoms with E-state index in [0.29, 0.717) is 0 Å². The van der Waals surface area contributed by atoms with Crippen molar-refractivity contribution in [1.29, 1.82) is 0 Å². The third-order valence-corrected chi connectivity index (χ3v) is 6.44. The van der Waals surface area contributed by atoms with E-state index >= 15 is 0 Å². The standard InChI is InChI=1S/C9H23ClN2S/c1-6-11(7-2)13(5,10)12(8-3)9-4/h6-9H2,1-5H3. The van der Waals surface area contributed by atoms with Crippen LogP contribution in [0.15, 0.2) is 0 Å². The summed E-state index contributed by atoms with van der Waals surface area (Å²) in [5, 5.41) is 0. The summed E-state index contributed by atoms with van der Waals surface area (Å²) in [7, 11) is 5.38. The van der Waals surface area contributed by atoms with Crippen LogP contribution in [0, 0.1) is 0 Å². The first-order valence-corrected chi connectivity index (χ1v) is 7.80. The third-order valence-electron chi connectivity index (χ3n) is 2.35. The van der Waals surface area contributed by atoms with Crippen molar-refractivity contribution in [1.82, 2.24) is 8.61 Å². The van der Waals surface area contributed by atoms with Crippen LogP contribution in [0.5, 0.6) is 0 Å². The molecule has 0 radical (unpaired) electrons. The molecule has 0 aromatic rings. The molecule has 0 saturated heterocycles. The molecule has 0 heterocycles. The highest BCUT2D eigenvalue weighted by atomic mass is 35.7. The van der Waals surface area contributed by atoms with Gasteiger partial charge in [-0.05, 0) is 10.7 Å². The number of hydrogen-bond donors (Lipinski definition) is 0. The maximum absolute atomic E-state index is 6.60. The lowest BCUT2D eigenvalue weighted by Gasteiger charge is -2.47. The molecule has 0 aliphatic heterocycles. The van der Waals surface area contributed by atoms with Crippen LogP contribution < -0.4 is 0 Å². The van der Waals surface area contributed by atoms with Gasteiger partial charge in [0, 0.05) is 32.4 Å². The second kappa shape index (κ2) is 6.12. The SMILES string of the molecule is CCN(CC)S(C)(Cl)N(CC)CC. The highest BCUT2D eigenvalue weighted by Gasteiger charge is 2.26. The van der Waals surface area contributed by atoms with E-state index in [1.807, 2.05) is 0 Å². The Morgan fingerprint density at radius 3 is 1.23 bits per heavy atom. The molecule has 0 aliphatic carbocycles. The monoisotopic (exact) mass is 226 g/mol. The fourth-order valence-electron chi connectivity index (χ4n) is 1.55. The lowest BCUT2D eigenvalue weighted by molar-refractivity contribution is 0.441. The van der Waals surface area contributed by atoms with E-state index in [9.17, 15) is 0 Å². The van der Waals surface area contributed by atoms with E-state index in [1.165, 1.54) is 0 Å². The number of hydrogen-bond acceptors (Lipinski definition) is 2. The van der Waals surface area contributed by atoms with E-state index in [2.05, 4.69) is 42.6 Å². The van der Waals surface area contributed by atoms with Crippen LogP contribution in [0.3, 0.4) is 0 Å². The molecule has 4 heteroatoms. The second-order valence-corrected chi connectivity index (χ2v) is 7.23. The molecule has 2 nitrogen and oxygen atoms in total. The average molecular weight is 227 g/mol. The van der Waals surface area contributed by atoms with E-state index < -0.39 is 9.61 Å². The van der Waals surface area contributed by atoms with Crippen LogP contribution in [-0.4, -0.2) is 41.0 Å². The maximum atomic E-state index is 6.60. The first-order valence-electron chi connectivity index (χ1n) is 5.02. The molecule has 0 amide bonds. The van der Waals surface area contributed by atoms with Crippen molar-refractivity contribution in [3.63, 3.8) is 0 Å². The van der Waals surface area contributed by atoms with Crippen LogP contribution >= 0.6 is 20.3 Å². The second-order valence-electron chi connectivity index (χ2n) is 2.97. The van der Waals surface area contributed by atoms with Crippen molar-refractivity contribution in [3.05, 3.63) is 0 Å². The van der Waals surface area contributed by atoms with Crippen molar-refractivity contribution in [2.75, 3.05) is 32.4 Å². The van der Waals surface area contributed by atoms with Gasteiger partial charge in [0.25, 0.3) is 0 Å². The Balaban J connectivity index is 4.48. The van der Waals surface area contributed by atoms with Gasteiger partial charge in [0.05, 0.1) is 0 Å². The first kappa shape index (κ1) is 13.6. The highest BCUT2D eigenvalue weighted by Crippen LogP contribution is 2.55. The summed E-state index contributed by atoms with van der Waals surface area (Å²) in [6.45, 7) is 12.8. The number of rotatable bonds is 6. The number of nitrogens with zero attached hydrogens (tertiary/aromatic N) is 2. The lowest BCUT2D eigenvalue weighted by Crippen LogP contribution is -2.36. The smallest absolute Gasteiger partial charge is 0.00671 e. The van der Waals surface area contributed by atoms with Gasteiger partial charge >= 0.3 is 0 Å². The van der Waals surface area contributed by atoms with Crippen LogP contribution in [0.2, 0.25) is 0 Å². The third kappa shape index (κ3) is 3.31. The van der Waals surface area contributed by atoms with Crippen LogP contribution in [0.25, 0.3) is 0 Å². The first-order chi connectivity index (χ1) is 6.04. The summed E-state index contributed by atoms with van der Waals surface area (Å²) in [6.07, 6.45) is 2.16. The minimum atomic E-state index is -1.22. The van der Waals surface area contributed by atoms with E-state index in [0.717, 1.165) is 26.2 Å². The van der Waals surface area contributed by atoms with Gasteiger partial charge in [-0.2, -0.15) is 0 Å². The minimum absolute atomic E-state index is 1.03. The quantitative estimate of drug-likeness (QED) is 0.687. The van der Waals surface area contributed by atoms with Gasteiger partial charge in [0.2, 0.25) is 0 Å². The molecule has 0 fully saturated rings. The van der Waals surface area contributed by atoms with Gasteiger partial charge in [-0.1, -0.05) is 37.3 Å². The van der Waals surface area contributed by atoms with Crippen molar-refractivity contribution < 1.29 is 0 Å². The van der Waals surface area contributed by atoms with Gasteiger partial charge in [-0.15, -0.1) is 0 Å². The maximum Gasteiger partial charge on any atom is 0.00671 e. The number of halogens is 1. The van der Waals surface area contributed by atoms with Crippen molar-refractivity contribution in [2.45, 2.75) is 27.7 Å². The molecule has 0 aliphatic rings. The van der Waals surface area contributed by atoms with Crippen LogP contribution in [0.4, 0.5) is 0 Å². The molecule has 0 rings (SSSR count). The normalized spacial score (nSPS) is 14.2. The van der Waals surface area contributed by atoms with E-state index in [4.69, 9.17) is 10.7 Å². The Morgan fingerprint density at radius 2 is 1.08 bits per heavy atom. The molecule has 0 aromatic carbocycles. The Morgan fingerprint density at radius 1 is 0.846 bits per heavy atom. The zero-order valence-electron chi connectivity index (χ0n) is 9.51. The molecule has 82 valence electrons. The molecule has 0 spiro atoms. The molecule has 13 heavy (non-hydrogen) atoms. The molecule has 0 saturated carbocycles. The molecule has 0 bridgehead atoms. The Kier molecular flexibility index (Phi) is 6.38. The van der Waals surface area contributed by atoms with Crippen molar-refractivity contribution in [3.8, 4) is 0 Å². The van der Waals surface area contributed by atoms with E-state index in [1.54, 1.807) is 0 Å². The predicted octanol–water partition coefficient (Wildman–Crippen LogP) is 3.09. The summed E-state index contributed by atoms with van der Waals surface area (Å²) in [4.78, 5) is 0.